The van der Waals surface area contributed by atoms with Gasteiger partial charge in [-0.3, -0.25) is 4.98 Å². The van der Waals surface area contributed by atoms with Crippen LogP contribution in [0.15, 0.2) is 134 Å². The molecule has 0 aliphatic heterocycles. The molecular formula is C29H22NOP. The van der Waals surface area contributed by atoms with Crippen molar-refractivity contribution in [1.82, 2.24) is 4.98 Å². The molecule has 1 aromatic heterocycles. The highest BCUT2D eigenvalue weighted by Crippen LogP contribution is 2.45. The van der Waals surface area contributed by atoms with Crippen molar-refractivity contribution in [1.29, 1.82) is 0 Å². The summed E-state index contributed by atoms with van der Waals surface area (Å²) in [5.74, 6) is 0. The van der Waals surface area contributed by atoms with Crippen molar-refractivity contribution < 1.29 is 4.57 Å². The van der Waals surface area contributed by atoms with E-state index in [2.05, 4.69) is 29.2 Å². The van der Waals surface area contributed by atoms with Crippen LogP contribution in [0.25, 0.3) is 22.4 Å². The van der Waals surface area contributed by atoms with Crippen LogP contribution in [0.5, 0.6) is 0 Å². The van der Waals surface area contributed by atoms with Crippen LogP contribution in [-0.2, 0) is 4.57 Å². The van der Waals surface area contributed by atoms with Crippen LogP contribution in [0, 0.1) is 0 Å². The van der Waals surface area contributed by atoms with Crippen LogP contribution in [0.2, 0.25) is 0 Å². The fraction of sp³-hybridized carbons (Fsp3) is 0. The van der Waals surface area contributed by atoms with Gasteiger partial charge in [-0.1, -0.05) is 115 Å². The molecule has 0 amide bonds. The van der Waals surface area contributed by atoms with Crippen molar-refractivity contribution in [3.63, 3.8) is 0 Å². The van der Waals surface area contributed by atoms with Gasteiger partial charge >= 0.3 is 0 Å². The monoisotopic (exact) mass is 431 g/mol. The maximum Gasteiger partial charge on any atom is 0.171 e. The molecule has 2 nitrogen and oxygen atoms in total. The van der Waals surface area contributed by atoms with E-state index in [1.807, 2.05) is 109 Å². The Labute approximate surface area is 188 Å². The highest BCUT2D eigenvalue weighted by atomic mass is 31.2. The van der Waals surface area contributed by atoms with E-state index >= 15 is 0 Å². The third-order valence-electron chi connectivity index (χ3n) is 5.62. The molecule has 154 valence electrons. The van der Waals surface area contributed by atoms with Crippen molar-refractivity contribution in [2.45, 2.75) is 0 Å². The summed E-state index contributed by atoms with van der Waals surface area (Å²) in [5.41, 5.74) is 3.91. The SMILES string of the molecule is O=P(c1ccccc1)(c1ccccc1)c1ccccc1-c1ccnc(-c2ccccc2)c1. The van der Waals surface area contributed by atoms with Crippen LogP contribution < -0.4 is 15.9 Å². The molecule has 0 unspecified atom stereocenters. The summed E-state index contributed by atoms with van der Waals surface area (Å²) in [6, 6.07) is 41.8. The smallest absolute Gasteiger partial charge is 0.171 e. The Kier molecular flexibility index (Phi) is 5.54. The number of nitrogens with zero attached hydrogens (tertiary/aromatic N) is 1. The molecule has 4 aromatic carbocycles. The van der Waals surface area contributed by atoms with Gasteiger partial charge in [0, 0.05) is 27.7 Å². The van der Waals surface area contributed by atoms with Crippen LogP contribution in [0.1, 0.15) is 0 Å². The molecule has 0 aliphatic rings. The fourth-order valence-electron chi connectivity index (χ4n) is 4.06. The Hall–Kier alpha value is -3.74. The Morgan fingerprint density at radius 2 is 1.06 bits per heavy atom. The number of pyridine rings is 1. The molecule has 0 N–H and O–H groups in total. The van der Waals surface area contributed by atoms with E-state index in [1.165, 1.54) is 0 Å². The average molecular weight is 431 g/mol. The molecule has 0 aliphatic carbocycles. The van der Waals surface area contributed by atoms with E-state index in [1.54, 1.807) is 0 Å². The van der Waals surface area contributed by atoms with Gasteiger partial charge in [-0.05, 0) is 23.3 Å². The minimum absolute atomic E-state index is 0.830. The topological polar surface area (TPSA) is 30.0 Å². The molecule has 0 saturated carbocycles. The Balaban J connectivity index is 1.73. The van der Waals surface area contributed by atoms with Crippen LogP contribution in [-0.4, -0.2) is 4.98 Å². The molecule has 5 rings (SSSR count). The largest absolute Gasteiger partial charge is 0.309 e. The molecule has 32 heavy (non-hydrogen) atoms. The zero-order valence-corrected chi connectivity index (χ0v) is 18.4. The van der Waals surface area contributed by atoms with E-state index < -0.39 is 7.14 Å². The maximum atomic E-state index is 15.0. The molecule has 0 saturated heterocycles. The van der Waals surface area contributed by atoms with Crippen molar-refractivity contribution in [3.05, 3.63) is 134 Å². The van der Waals surface area contributed by atoms with E-state index in [9.17, 15) is 4.57 Å². The van der Waals surface area contributed by atoms with Gasteiger partial charge in [-0.2, -0.15) is 0 Å². The first-order chi connectivity index (χ1) is 15.8. The van der Waals surface area contributed by atoms with Crippen LogP contribution in [0.4, 0.5) is 0 Å². The minimum atomic E-state index is -3.09. The second-order valence-corrected chi connectivity index (χ2v) is 10.3. The zero-order valence-electron chi connectivity index (χ0n) is 17.5. The lowest BCUT2D eigenvalue weighted by molar-refractivity contribution is 0.592. The Morgan fingerprint density at radius 1 is 0.531 bits per heavy atom. The molecule has 3 heteroatoms. The standard InChI is InChI=1S/C29H22NOP/c31-32(25-14-6-2-7-15-25,26-16-8-3-9-17-26)29-19-11-10-18-27(29)24-20-21-30-28(22-24)23-12-4-1-5-13-23/h1-22H. The van der Waals surface area contributed by atoms with E-state index in [4.69, 9.17) is 0 Å². The summed E-state index contributed by atoms with van der Waals surface area (Å²) < 4.78 is 15.0. The fourth-order valence-corrected chi connectivity index (χ4v) is 6.94. The molecular weight excluding hydrogens is 409 g/mol. The number of rotatable bonds is 5. The number of benzene rings is 4. The lowest BCUT2D eigenvalue weighted by Crippen LogP contribution is -2.26. The predicted octanol–water partition coefficient (Wildman–Crippen LogP) is 6.06. The van der Waals surface area contributed by atoms with Crippen molar-refractivity contribution in [3.8, 4) is 22.4 Å². The summed E-state index contributed by atoms with van der Waals surface area (Å²) in [5, 5.41) is 2.49. The summed E-state index contributed by atoms with van der Waals surface area (Å²) in [4.78, 5) is 4.57. The van der Waals surface area contributed by atoms with Crippen molar-refractivity contribution >= 4 is 23.1 Å². The predicted molar refractivity (Wildman–Crippen MR) is 135 cm³/mol. The second kappa shape index (κ2) is 8.78. The minimum Gasteiger partial charge on any atom is -0.309 e. The molecule has 0 spiro atoms. The molecule has 0 radical (unpaired) electrons. The van der Waals surface area contributed by atoms with E-state index in [0.717, 1.165) is 38.3 Å². The quantitative estimate of drug-likeness (QED) is 0.317. The van der Waals surface area contributed by atoms with Crippen molar-refractivity contribution in [2.24, 2.45) is 0 Å². The van der Waals surface area contributed by atoms with Gasteiger partial charge in [0.2, 0.25) is 0 Å². The van der Waals surface area contributed by atoms with Gasteiger partial charge in [0.25, 0.3) is 0 Å². The molecule has 0 atom stereocenters. The molecule has 0 bridgehead atoms. The molecule has 5 aromatic rings. The summed E-state index contributed by atoms with van der Waals surface area (Å²) in [6.07, 6.45) is 1.82. The van der Waals surface area contributed by atoms with Crippen LogP contribution in [0.3, 0.4) is 0 Å². The molecule has 0 fully saturated rings. The lowest BCUT2D eigenvalue weighted by Gasteiger charge is -2.23. The third-order valence-corrected chi connectivity index (χ3v) is 8.74. The normalized spacial score (nSPS) is 11.2. The molecule has 1 heterocycles. The second-order valence-electron chi connectivity index (χ2n) is 7.59. The zero-order chi connectivity index (χ0) is 21.8. The highest BCUT2D eigenvalue weighted by Gasteiger charge is 2.31. The van der Waals surface area contributed by atoms with E-state index in [-0.39, 0.29) is 0 Å². The number of aromatic nitrogens is 1. The first kappa shape index (κ1) is 20.2. The van der Waals surface area contributed by atoms with E-state index in [0.29, 0.717) is 0 Å². The summed E-state index contributed by atoms with van der Waals surface area (Å²) >= 11 is 0. The first-order valence-corrected chi connectivity index (χ1v) is 12.3. The van der Waals surface area contributed by atoms with Crippen LogP contribution >= 0.6 is 7.14 Å². The highest BCUT2D eigenvalue weighted by molar-refractivity contribution is 7.85. The first-order valence-electron chi connectivity index (χ1n) is 10.6. The van der Waals surface area contributed by atoms with Gasteiger partial charge < -0.3 is 4.57 Å². The van der Waals surface area contributed by atoms with Gasteiger partial charge in [0.15, 0.2) is 7.14 Å². The van der Waals surface area contributed by atoms with Gasteiger partial charge in [0.1, 0.15) is 0 Å². The Morgan fingerprint density at radius 3 is 1.69 bits per heavy atom. The average Bonchev–Trinajstić information content (AvgIpc) is 2.90. The van der Waals surface area contributed by atoms with Gasteiger partial charge in [-0.25, -0.2) is 0 Å². The number of hydrogen-bond acceptors (Lipinski definition) is 2. The van der Waals surface area contributed by atoms with Gasteiger partial charge in [0.05, 0.1) is 5.69 Å². The summed E-state index contributed by atoms with van der Waals surface area (Å²) in [7, 11) is -3.09. The van der Waals surface area contributed by atoms with Gasteiger partial charge in [-0.15, -0.1) is 0 Å². The summed E-state index contributed by atoms with van der Waals surface area (Å²) in [6.45, 7) is 0. The van der Waals surface area contributed by atoms with Crippen molar-refractivity contribution in [2.75, 3.05) is 0 Å². The lowest BCUT2D eigenvalue weighted by atomic mass is 10.0. The maximum absolute atomic E-state index is 15.0. The number of hydrogen-bond donors (Lipinski definition) is 0. The third kappa shape index (κ3) is 3.70. The Bertz CT molecular complexity index is 1340.